The Kier molecular flexibility index (Phi) is 4.87. The number of hydrazone groups is 1. The molecule has 28 heavy (non-hydrogen) atoms. The molecule has 0 saturated carbocycles. The van der Waals surface area contributed by atoms with Crippen LogP contribution in [0.15, 0.2) is 58.3 Å². The molecule has 2 aliphatic heterocycles. The Bertz CT molecular complexity index is 1030. The van der Waals surface area contributed by atoms with Gasteiger partial charge in [0.05, 0.1) is 12.7 Å². The molecule has 2 aliphatic rings. The minimum Gasteiger partial charge on any atom is -0.497 e. The molecule has 0 radical (unpaired) electrons. The summed E-state index contributed by atoms with van der Waals surface area (Å²) < 4.78 is 7.15. The number of nitrogens with zero attached hydrogens (tertiary/aromatic N) is 4. The van der Waals surface area contributed by atoms with Gasteiger partial charge in [-0.25, -0.2) is 0 Å². The zero-order chi connectivity index (χ0) is 19.7. The highest BCUT2D eigenvalue weighted by molar-refractivity contribution is 8.26. The minimum atomic E-state index is -0.417. The maximum Gasteiger partial charge on any atom is 0.283 e. The largest absolute Gasteiger partial charge is 0.497 e. The second-order valence-electron chi connectivity index (χ2n) is 6.26. The Labute approximate surface area is 166 Å². The number of benzene rings is 1. The Hall–Kier alpha value is -3.13. The average molecular weight is 393 g/mol. The molecule has 0 saturated heterocycles. The second-order valence-corrected chi connectivity index (χ2v) is 7.31. The number of methoxy groups -OCH3 is 1. The van der Waals surface area contributed by atoms with Gasteiger partial charge in [0.1, 0.15) is 10.8 Å². The highest BCUT2D eigenvalue weighted by Crippen LogP contribution is 2.30. The van der Waals surface area contributed by atoms with Crippen molar-refractivity contribution in [1.29, 1.82) is 5.41 Å². The van der Waals surface area contributed by atoms with Gasteiger partial charge in [0.2, 0.25) is 5.17 Å². The number of ether oxygens (including phenoxy) is 1. The summed E-state index contributed by atoms with van der Waals surface area (Å²) >= 11 is 1.36. The fraction of sp³-hybridized carbons (Fsp3) is 0.200. The van der Waals surface area contributed by atoms with Crippen molar-refractivity contribution in [3.8, 4) is 11.4 Å². The molecular formula is C20H19N5O2S. The second kappa shape index (κ2) is 7.47. The molecule has 0 unspecified atom stereocenters. The van der Waals surface area contributed by atoms with Crippen molar-refractivity contribution in [2.75, 3.05) is 7.11 Å². The molecule has 0 bridgehead atoms. The van der Waals surface area contributed by atoms with Gasteiger partial charge >= 0.3 is 0 Å². The van der Waals surface area contributed by atoms with Crippen LogP contribution < -0.4 is 4.74 Å². The molecule has 8 heteroatoms. The number of amides is 1. The van der Waals surface area contributed by atoms with Gasteiger partial charge in [-0.05, 0) is 67.1 Å². The van der Waals surface area contributed by atoms with E-state index in [2.05, 4.69) is 17.0 Å². The third-order valence-electron chi connectivity index (χ3n) is 4.38. The number of fused-ring (bicyclic) bond motifs is 1. The maximum atomic E-state index is 12.6. The van der Waals surface area contributed by atoms with Crippen LogP contribution in [0.25, 0.3) is 11.8 Å². The van der Waals surface area contributed by atoms with Crippen molar-refractivity contribution < 1.29 is 9.53 Å². The van der Waals surface area contributed by atoms with E-state index in [9.17, 15) is 4.79 Å². The normalized spacial score (nSPS) is 17.6. The standard InChI is InChI=1S/C20H19N5O2S/c1-3-5-17-23-25-18(21)16(19(26)22-20(25)28-17)12-14-6-4-11-24(14)13-7-9-15(27-2)10-8-13/h4,6-12,21H,3,5H2,1-2H3/b16-12+,21-18?. The predicted octanol–water partition coefficient (Wildman–Crippen LogP) is 3.91. The van der Waals surface area contributed by atoms with Gasteiger partial charge in [0.25, 0.3) is 5.91 Å². The molecule has 142 valence electrons. The molecular weight excluding hydrogens is 374 g/mol. The Morgan fingerprint density at radius 1 is 1.25 bits per heavy atom. The number of carbonyl (C=O) groups excluding carboxylic acids is 1. The number of amidine groups is 2. The first-order valence-corrected chi connectivity index (χ1v) is 9.73. The maximum absolute atomic E-state index is 12.6. The highest BCUT2D eigenvalue weighted by Gasteiger charge is 2.35. The number of carbonyl (C=O) groups is 1. The van der Waals surface area contributed by atoms with Crippen LogP contribution in [0.4, 0.5) is 0 Å². The first-order valence-electron chi connectivity index (χ1n) is 8.91. The lowest BCUT2D eigenvalue weighted by Gasteiger charge is -2.20. The van der Waals surface area contributed by atoms with Crippen LogP contribution in [-0.2, 0) is 4.79 Å². The predicted molar refractivity (Wildman–Crippen MR) is 112 cm³/mol. The number of hydrogen-bond donors (Lipinski definition) is 1. The molecule has 4 rings (SSSR count). The third-order valence-corrected chi connectivity index (χ3v) is 5.35. The van der Waals surface area contributed by atoms with E-state index < -0.39 is 5.91 Å². The van der Waals surface area contributed by atoms with Gasteiger partial charge in [0.15, 0.2) is 5.84 Å². The van der Waals surface area contributed by atoms with Crippen molar-refractivity contribution in [1.82, 2.24) is 9.58 Å². The molecule has 1 aromatic carbocycles. The van der Waals surface area contributed by atoms with Gasteiger partial charge in [-0.1, -0.05) is 6.92 Å². The SMILES string of the molecule is CCCC1=NN2C(=N)/C(=C\c3cccn3-c3ccc(OC)cc3)C(=O)N=C2S1. The van der Waals surface area contributed by atoms with Crippen molar-refractivity contribution in [3.63, 3.8) is 0 Å². The van der Waals surface area contributed by atoms with Gasteiger partial charge < -0.3 is 9.30 Å². The molecule has 0 aliphatic carbocycles. The smallest absolute Gasteiger partial charge is 0.283 e. The summed E-state index contributed by atoms with van der Waals surface area (Å²) in [7, 11) is 1.63. The number of thioether (sulfide) groups is 1. The summed E-state index contributed by atoms with van der Waals surface area (Å²) in [6.45, 7) is 2.07. The van der Waals surface area contributed by atoms with E-state index >= 15 is 0 Å². The third kappa shape index (κ3) is 3.27. The first kappa shape index (κ1) is 18.2. The van der Waals surface area contributed by atoms with Crippen molar-refractivity contribution in [2.24, 2.45) is 10.1 Å². The molecule has 1 amide bonds. The highest BCUT2D eigenvalue weighted by atomic mass is 32.2. The molecule has 1 N–H and O–H groups in total. The topological polar surface area (TPSA) is 83.0 Å². The quantitative estimate of drug-likeness (QED) is 0.781. The lowest BCUT2D eigenvalue weighted by molar-refractivity contribution is -0.114. The summed E-state index contributed by atoms with van der Waals surface area (Å²) in [5, 5.41) is 15.7. The Balaban J connectivity index is 1.68. The lowest BCUT2D eigenvalue weighted by atomic mass is 10.1. The van der Waals surface area contributed by atoms with Crippen LogP contribution in [0.5, 0.6) is 5.75 Å². The van der Waals surface area contributed by atoms with Gasteiger partial charge in [-0.2, -0.15) is 15.1 Å². The summed E-state index contributed by atoms with van der Waals surface area (Å²) in [5.41, 5.74) is 1.93. The van der Waals surface area contributed by atoms with E-state index in [0.717, 1.165) is 35.0 Å². The van der Waals surface area contributed by atoms with E-state index in [-0.39, 0.29) is 11.4 Å². The van der Waals surface area contributed by atoms with E-state index in [4.69, 9.17) is 10.1 Å². The van der Waals surface area contributed by atoms with Crippen LogP contribution in [0.3, 0.4) is 0 Å². The number of rotatable bonds is 5. The van der Waals surface area contributed by atoms with Crippen LogP contribution in [0, 0.1) is 5.41 Å². The Morgan fingerprint density at radius 3 is 2.75 bits per heavy atom. The number of aromatic nitrogens is 1. The zero-order valence-corrected chi connectivity index (χ0v) is 16.4. The fourth-order valence-corrected chi connectivity index (χ4v) is 3.97. The zero-order valence-electron chi connectivity index (χ0n) is 15.5. The van der Waals surface area contributed by atoms with Gasteiger partial charge in [-0.3, -0.25) is 10.2 Å². The van der Waals surface area contributed by atoms with E-state index in [1.165, 1.54) is 16.8 Å². The summed E-state index contributed by atoms with van der Waals surface area (Å²) in [5.74, 6) is 0.407. The summed E-state index contributed by atoms with van der Waals surface area (Å²) in [6.07, 6.45) is 5.35. The molecule has 7 nitrogen and oxygen atoms in total. The summed E-state index contributed by atoms with van der Waals surface area (Å²) in [6, 6.07) is 11.4. The van der Waals surface area contributed by atoms with Crippen LogP contribution in [0.2, 0.25) is 0 Å². The molecule has 1 aromatic heterocycles. The molecule has 0 fully saturated rings. The monoisotopic (exact) mass is 393 g/mol. The van der Waals surface area contributed by atoms with Crippen molar-refractivity contribution in [2.45, 2.75) is 19.8 Å². The van der Waals surface area contributed by atoms with Crippen molar-refractivity contribution in [3.05, 3.63) is 53.9 Å². The molecule has 0 spiro atoms. The average Bonchev–Trinajstić information content (AvgIpc) is 3.32. The minimum absolute atomic E-state index is 0.0519. The van der Waals surface area contributed by atoms with Gasteiger partial charge in [0, 0.05) is 17.6 Å². The van der Waals surface area contributed by atoms with Crippen molar-refractivity contribution >= 4 is 39.8 Å². The molecule has 3 heterocycles. The van der Waals surface area contributed by atoms with Crippen LogP contribution >= 0.6 is 11.8 Å². The molecule has 2 aromatic rings. The number of aliphatic imine (C=N–C) groups is 1. The lowest BCUT2D eigenvalue weighted by Crippen LogP contribution is -2.35. The number of hydrogen-bond acceptors (Lipinski definition) is 5. The first-order chi connectivity index (χ1) is 13.6. The van der Waals surface area contributed by atoms with E-state index in [1.54, 1.807) is 13.2 Å². The fourth-order valence-electron chi connectivity index (χ4n) is 2.98. The van der Waals surface area contributed by atoms with Crippen LogP contribution in [0.1, 0.15) is 25.5 Å². The Morgan fingerprint density at radius 2 is 2.04 bits per heavy atom. The number of nitrogens with one attached hydrogen (secondary N) is 1. The summed E-state index contributed by atoms with van der Waals surface area (Å²) in [4.78, 5) is 16.7. The van der Waals surface area contributed by atoms with Gasteiger partial charge in [-0.15, -0.1) is 0 Å². The van der Waals surface area contributed by atoms with E-state index in [0.29, 0.717) is 5.17 Å². The molecule has 0 atom stereocenters. The van der Waals surface area contributed by atoms with Crippen LogP contribution in [-0.4, -0.2) is 38.6 Å². The van der Waals surface area contributed by atoms with E-state index in [1.807, 2.05) is 47.2 Å².